The highest BCUT2D eigenvalue weighted by atomic mass is 32.2. The molecule has 0 heterocycles. The highest BCUT2D eigenvalue weighted by Crippen LogP contribution is 2.00. The molecule has 0 saturated carbocycles. The molecule has 78 valence electrons. The second kappa shape index (κ2) is 8.38. The van der Waals surface area contributed by atoms with Gasteiger partial charge in [-0.3, -0.25) is 4.79 Å². The van der Waals surface area contributed by atoms with Gasteiger partial charge >= 0.3 is 0 Å². The van der Waals surface area contributed by atoms with Crippen molar-refractivity contribution in [1.82, 2.24) is 10.6 Å². The van der Waals surface area contributed by atoms with Gasteiger partial charge in [0, 0.05) is 31.8 Å². The minimum Gasteiger partial charge on any atom is -0.359 e. The Morgan fingerprint density at radius 1 is 1.54 bits per heavy atom. The second-order valence-electron chi connectivity index (χ2n) is 2.94. The molecule has 0 saturated heterocycles. The van der Waals surface area contributed by atoms with Crippen molar-refractivity contribution in [3.05, 3.63) is 0 Å². The van der Waals surface area contributed by atoms with Crippen LogP contribution in [0.5, 0.6) is 0 Å². The van der Waals surface area contributed by atoms with E-state index in [9.17, 15) is 4.79 Å². The third kappa shape index (κ3) is 8.12. The van der Waals surface area contributed by atoms with Crippen LogP contribution in [-0.4, -0.2) is 37.0 Å². The van der Waals surface area contributed by atoms with Crippen molar-refractivity contribution in [3.63, 3.8) is 0 Å². The number of carbonyl (C=O) groups is 1. The van der Waals surface area contributed by atoms with Crippen molar-refractivity contribution >= 4 is 17.7 Å². The molecule has 0 rings (SSSR count). The highest BCUT2D eigenvalue weighted by Gasteiger charge is 2.01. The van der Waals surface area contributed by atoms with Gasteiger partial charge in [0.1, 0.15) is 0 Å². The fourth-order valence-corrected chi connectivity index (χ4v) is 1.62. The Hall–Kier alpha value is -0.220. The lowest BCUT2D eigenvalue weighted by Crippen LogP contribution is -2.32. The van der Waals surface area contributed by atoms with E-state index in [1.165, 1.54) is 0 Å². The van der Waals surface area contributed by atoms with E-state index in [-0.39, 0.29) is 5.91 Å². The van der Waals surface area contributed by atoms with Crippen LogP contribution in [0.1, 0.15) is 20.3 Å². The van der Waals surface area contributed by atoms with Crippen LogP contribution in [0.3, 0.4) is 0 Å². The maximum atomic E-state index is 10.9. The molecule has 0 aromatic heterocycles. The van der Waals surface area contributed by atoms with E-state index in [0.29, 0.717) is 12.5 Å². The molecule has 0 aromatic carbocycles. The monoisotopic (exact) mass is 204 g/mol. The van der Waals surface area contributed by atoms with Crippen LogP contribution in [0.4, 0.5) is 0 Å². The minimum absolute atomic E-state index is 0.0999. The van der Waals surface area contributed by atoms with Crippen molar-refractivity contribution < 1.29 is 4.79 Å². The summed E-state index contributed by atoms with van der Waals surface area (Å²) >= 11 is 1.92. The molecule has 3 nitrogen and oxygen atoms in total. The van der Waals surface area contributed by atoms with Gasteiger partial charge in [-0.05, 0) is 12.7 Å². The molecule has 1 unspecified atom stereocenters. The summed E-state index contributed by atoms with van der Waals surface area (Å²) in [6.45, 7) is 5.07. The Balaban J connectivity index is 3.26. The van der Waals surface area contributed by atoms with E-state index in [2.05, 4.69) is 24.5 Å². The Morgan fingerprint density at radius 2 is 2.23 bits per heavy atom. The number of thioether (sulfide) groups is 1. The van der Waals surface area contributed by atoms with Gasteiger partial charge in [-0.15, -0.1) is 0 Å². The predicted octanol–water partition coefficient (Wildman–Crippen LogP) is 0.854. The summed E-state index contributed by atoms with van der Waals surface area (Å²) in [5.41, 5.74) is 0. The molecule has 0 aliphatic rings. The summed E-state index contributed by atoms with van der Waals surface area (Å²) in [4.78, 5) is 10.9. The van der Waals surface area contributed by atoms with E-state index < -0.39 is 0 Å². The summed E-state index contributed by atoms with van der Waals surface area (Å²) in [6, 6.07) is 0.495. The number of hydrogen-bond acceptors (Lipinski definition) is 3. The average Bonchev–Trinajstić information content (AvgIpc) is 2.14. The molecule has 0 radical (unpaired) electrons. The van der Waals surface area contributed by atoms with Gasteiger partial charge in [0.05, 0.1) is 0 Å². The Kier molecular flexibility index (Phi) is 8.24. The van der Waals surface area contributed by atoms with Gasteiger partial charge in [-0.2, -0.15) is 11.8 Å². The van der Waals surface area contributed by atoms with Gasteiger partial charge in [-0.25, -0.2) is 0 Å². The molecule has 1 amide bonds. The van der Waals surface area contributed by atoms with Crippen LogP contribution < -0.4 is 10.6 Å². The minimum atomic E-state index is 0.0999. The largest absolute Gasteiger partial charge is 0.359 e. The molecule has 0 aliphatic heterocycles. The lowest BCUT2D eigenvalue weighted by Gasteiger charge is -2.12. The Morgan fingerprint density at radius 3 is 2.77 bits per heavy atom. The Labute approximate surface area is 85.0 Å². The van der Waals surface area contributed by atoms with Gasteiger partial charge in [0.15, 0.2) is 0 Å². The molecule has 0 aliphatic carbocycles. The third-order valence-corrected chi connectivity index (χ3v) is 2.84. The van der Waals surface area contributed by atoms with Crippen LogP contribution >= 0.6 is 11.8 Å². The zero-order valence-corrected chi connectivity index (χ0v) is 9.54. The van der Waals surface area contributed by atoms with Crippen LogP contribution in [0.2, 0.25) is 0 Å². The first-order valence-corrected chi connectivity index (χ1v) is 5.87. The van der Waals surface area contributed by atoms with E-state index >= 15 is 0 Å². The molecule has 0 bridgehead atoms. The molecular formula is C9H20N2OS. The zero-order chi connectivity index (χ0) is 10.1. The molecule has 0 aromatic rings. The molecule has 13 heavy (non-hydrogen) atoms. The molecule has 2 N–H and O–H groups in total. The summed E-state index contributed by atoms with van der Waals surface area (Å²) in [6.07, 6.45) is 0.567. The fourth-order valence-electron chi connectivity index (χ4n) is 0.911. The predicted molar refractivity (Wildman–Crippen MR) is 59.1 cm³/mol. The first-order chi connectivity index (χ1) is 6.20. The van der Waals surface area contributed by atoms with Crippen LogP contribution in [0.15, 0.2) is 0 Å². The van der Waals surface area contributed by atoms with Crippen molar-refractivity contribution in [2.24, 2.45) is 0 Å². The van der Waals surface area contributed by atoms with Crippen LogP contribution in [-0.2, 0) is 4.79 Å². The highest BCUT2D eigenvalue weighted by molar-refractivity contribution is 7.99. The van der Waals surface area contributed by atoms with E-state index in [1.807, 2.05) is 11.8 Å². The lowest BCUT2D eigenvalue weighted by atomic mass is 10.3. The first-order valence-electron chi connectivity index (χ1n) is 4.72. The van der Waals surface area contributed by atoms with Gasteiger partial charge in [-0.1, -0.05) is 6.92 Å². The zero-order valence-electron chi connectivity index (χ0n) is 8.72. The number of carbonyl (C=O) groups excluding carboxylic acids is 1. The van der Waals surface area contributed by atoms with Crippen LogP contribution in [0.25, 0.3) is 0 Å². The average molecular weight is 204 g/mol. The van der Waals surface area contributed by atoms with Gasteiger partial charge in [0.25, 0.3) is 0 Å². The smallest absolute Gasteiger partial charge is 0.221 e. The van der Waals surface area contributed by atoms with Gasteiger partial charge in [0.2, 0.25) is 5.91 Å². The van der Waals surface area contributed by atoms with Crippen molar-refractivity contribution in [1.29, 1.82) is 0 Å². The number of nitrogens with one attached hydrogen (secondary N) is 2. The van der Waals surface area contributed by atoms with Gasteiger partial charge < -0.3 is 10.6 Å². The summed E-state index contributed by atoms with van der Waals surface area (Å²) in [5.74, 6) is 2.37. The summed E-state index contributed by atoms with van der Waals surface area (Å²) < 4.78 is 0. The molecule has 4 heteroatoms. The number of hydrogen-bond donors (Lipinski definition) is 2. The molecular weight excluding hydrogens is 184 g/mol. The van der Waals surface area contributed by atoms with Crippen molar-refractivity contribution in [2.45, 2.75) is 26.3 Å². The topological polar surface area (TPSA) is 41.1 Å². The molecule has 1 atom stereocenters. The van der Waals surface area contributed by atoms with E-state index in [0.717, 1.165) is 18.1 Å². The van der Waals surface area contributed by atoms with E-state index in [4.69, 9.17) is 0 Å². The summed E-state index contributed by atoms with van der Waals surface area (Å²) in [5, 5.41) is 5.90. The Bertz CT molecular complexity index is 142. The number of rotatable bonds is 7. The SMILES string of the molecule is CCSCC(C)NCCC(=O)NC. The maximum Gasteiger partial charge on any atom is 0.221 e. The number of amides is 1. The maximum absolute atomic E-state index is 10.9. The van der Waals surface area contributed by atoms with Crippen molar-refractivity contribution in [2.75, 3.05) is 25.1 Å². The first kappa shape index (κ1) is 12.8. The normalized spacial score (nSPS) is 12.5. The third-order valence-electron chi connectivity index (χ3n) is 1.70. The fraction of sp³-hybridized carbons (Fsp3) is 0.889. The van der Waals surface area contributed by atoms with Crippen LogP contribution in [0, 0.1) is 0 Å². The summed E-state index contributed by atoms with van der Waals surface area (Å²) in [7, 11) is 1.67. The quantitative estimate of drug-likeness (QED) is 0.646. The lowest BCUT2D eigenvalue weighted by molar-refractivity contribution is -0.120. The van der Waals surface area contributed by atoms with Crippen molar-refractivity contribution in [3.8, 4) is 0 Å². The standard InChI is InChI=1S/C9H20N2OS/c1-4-13-7-8(2)11-6-5-9(12)10-3/h8,11H,4-7H2,1-3H3,(H,10,12). The van der Waals surface area contributed by atoms with E-state index in [1.54, 1.807) is 7.05 Å². The molecule has 0 spiro atoms. The second-order valence-corrected chi connectivity index (χ2v) is 4.26. The molecule has 0 fully saturated rings.